The molecule has 0 spiro atoms. The van der Waals surface area contributed by atoms with Gasteiger partial charge in [-0.3, -0.25) is 14.2 Å². The quantitative estimate of drug-likeness (QED) is 0.859. The highest BCUT2D eigenvalue weighted by molar-refractivity contribution is 7.18. The van der Waals surface area contributed by atoms with E-state index in [0.29, 0.717) is 19.6 Å². The zero-order valence-corrected chi connectivity index (χ0v) is 14.8. The Labute approximate surface area is 144 Å². The molecule has 1 aliphatic carbocycles. The molecule has 0 saturated heterocycles. The van der Waals surface area contributed by atoms with Crippen molar-refractivity contribution in [3.05, 3.63) is 27.1 Å². The molecule has 0 aromatic carbocycles. The van der Waals surface area contributed by atoms with Crippen LogP contribution in [0.5, 0.6) is 0 Å². The van der Waals surface area contributed by atoms with Crippen molar-refractivity contribution < 1.29 is 9.90 Å². The lowest BCUT2D eigenvalue weighted by atomic mass is 9.97. The molecule has 2 aromatic heterocycles. The Balaban J connectivity index is 1.82. The number of amides is 1. The summed E-state index contributed by atoms with van der Waals surface area (Å²) in [5.74, 6) is -0.0501. The van der Waals surface area contributed by atoms with Crippen molar-refractivity contribution in [3.63, 3.8) is 0 Å². The van der Waals surface area contributed by atoms with Crippen LogP contribution in [-0.2, 0) is 24.2 Å². The van der Waals surface area contributed by atoms with Crippen molar-refractivity contribution in [1.82, 2.24) is 14.5 Å². The highest BCUT2D eigenvalue weighted by Crippen LogP contribution is 2.33. The number of hydrogen-bond acceptors (Lipinski definition) is 5. The molecule has 0 aliphatic heterocycles. The van der Waals surface area contributed by atoms with Gasteiger partial charge in [0.1, 0.15) is 4.83 Å². The lowest BCUT2D eigenvalue weighted by molar-refractivity contribution is -0.131. The minimum absolute atomic E-state index is 0.0302. The molecule has 2 aromatic rings. The first-order chi connectivity index (χ1) is 11.7. The van der Waals surface area contributed by atoms with Gasteiger partial charge in [0.25, 0.3) is 5.56 Å². The van der Waals surface area contributed by atoms with Crippen LogP contribution in [0.25, 0.3) is 10.2 Å². The zero-order valence-electron chi connectivity index (χ0n) is 14.0. The molecule has 1 aliphatic rings. The molecule has 0 bridgehead atoms. The molecule has 2 heterocycles. The summed E-state index contributed by atoms with van der Waals surface area (Å²) in [6.45, 7) is 3.05. The molecule has 7 heteroatoms. The Morgan fingerprint density at radius 3 is 2.96 bits per heavy atom. The Hall–Kier alpha value is -1.73. The molecule has 130 valence electrons. The number of aliphatic hydroxyl groups is 1. The minimum Gasteiger partial charge on any atom is -0.395 e. The zero-order chi connectivity index (χ0) is 17.1. The van der Waals surface area contributed by atoms with Gasteiger partial charge in [-0.1, -0.05) is 0 Å². The summed E-state index contributed by atoms with van der Waals surface area (Å²) in [6.07, 6.45) is 6.10. The van der Waals surface area contributed by atoms with Crippen LogP contribution in [0, 0.1) is 0 Å². The summed E-state index contributed by atoms with van der Waals surface area (Å²) < 4.78 is 1.55. The highest BCUT2D eigenvalue weighted by Gasteiger charge is 2.20. The molecule has 1 amide bonds. The molecule has 6 nitrogen and oxygen atoms in total. The Bertz CT molecular complexity index is 796. The highest BCUT2D eigenvalue weighted by atomic mass is 32.1. The first-order valence-corrected chi connectivity index (χ1v) is 9.35. The standard InChI is InChI=1S/C17H23N3O3S/c1-2-19(9-10-21)14(22)7-8-20-11-18-16-15(17(20)23)12-5-3-4-6-13(12)24-16/h11,21H,2-10H2,1H3. The number of rotatable bonds is 6. The number of likely N-dealkylation sites (N-methyl/N-ethyl adjacent to an activating group) is 1. The molecule has 24 heavy (non-hydrogen) atoms. The fourth-order valence-corrected chi connectivity index (χ4v) is 4.51. The number of carbonyl (C=O) groups is 1. The molecule has 0 radical (unpaired) electrons. The third-order valence-electron chi connectivity index (χ3n) is 4.61. The number of thiophene rings is 1. The van der Waals surface area contributed by atoms with E-state index >= 15 is 0 Å². The monoisotopic (exact) mass is 349 g/mol. The van der Waals surface area contributed by atoms with E-state index in [-0.39, 0.29) is 24.5 Å². The van der Waals surface area contributed by atoms with E-state index in [0.717, 1.165) is 29.5 Å². The average molecular weight is 349 g/mol. The van der Waals surface area contributed by atoms with Gasteiger partial charge in [0.15, 0.2) is 0 Å². The van der Waals surface area contributed by atoms with Crippen LogP contribution >= 0.6 is 11.3 Å². The van der Waals surface area contributed by atoms with Crippen LogP contribution < -0.4 is 5.56 Å². The molecule has 1 N–H and O–H groups in total. The van der Waals surface area contributed by atoms with Crippen molar-refractivity contribution in [2.45, 2.75) is 45.6 Å². The number of aryl methyl sites for hydroxylation is 3. The van der Waals surface area contributed by atoms with Crippen molar-refractivity contribution in [2.75, 3.05) is 19.7 Å². The summed E-state index contributed by atoms with van der Waals surface area (Å²) in [5, 5.41) is 9.75. The summed E-state index contributed by atoms with van der Waals surface area (Å²) in [5.41, 5.74) is 1.15. The summed E-state index contributed by atoms with van der Waals surface area (Å²) in [6, 6.07) is 0. The van der Waals surface area contributed by atoms with Gasteiger partial charge in [0, 0.05) is 30.9 Å². The third kappa shape index (κ3) is 3.23. The van der Waals surface area contributed by atoms with Gasteiger partial charge < -0.3 is 10.0 Å². The van der Waals surface area contributed by atoms with E-state index in [1.54, 1.807) is 27.1 Å². The van der Waals surface area contributed by atoms with E-state index in [9.17, 15) is 9.59 Å². The average Bonchev–Trinajstić information content (AvgIpc) is 2.98. The molecule has 0 fully saturated rings. The first kappa shape index (κ1) is 17.1. The lowest BCUT2D eigenvalue weighted by Gasteiger charge is -2.19. The minimum atomic E-state index is -0.0501. The first-order valence-electron chi connectivity index (χ1n) is 8.54. The number of carbonyl (C=O) groups excluding carboxylic acids is 1. The number of aromatic nitrogens is 2. The van der Waals surface area contributed by atoms with E-state index < -0.39 is 0 Å². The second-order valence-corrected chi connectivity index (χ2v) is 7.16. The third-order valence-corrected chi connectivity index (χ3v) is 5.81. The van der Waals surface area contributed by atoms with Gasteiger partial charge in [-0.25, -0.2) is 4.98 Å². The van der Waals surface area contributed by atoms with Crippen LogP contribution in [-0.4, -0.2) is 45.2 Å². The molecule has 0 unspecified atom stereocenters. The summed E-state index contributed by atoms with van der Waals surface area (Å²) in [4.78, 5) is 33.1. The lowest BCUT2D eigenvalue weighted by Crippen LogP contribution is -2.34. The van der Waals surface area contributed by atoms with Gasteiger partial charge in [0.05, 0.1) is 18.3 Å². The normalized spacial score (nSPS) is 13.9. The van der Waals surface area contributed by atoms with Crippen LogP contribution in [0.3, 0.4) is 0 Å². The summed E-state index contributed by atoms with van der Waals surface area (Å²) in [7, 11) is 0. The van der Waals surface area contributed by atoms with Gasteiger partial charge in [0.2, 0.25) is 5.91 Å². The van der Waals surface area contributed by atoms with Gasteiger partial charge in [-0.05, 0) is 38.2 Å². The van der Waals surface area contributed by atoms with Crippen LogP contribution in [0.15, 0.2) is 11.1 Å². The van der Waals surface area contributed by atoms with E-state index in [1.165, 1.54) is 16.9 Å². The Kier molecular flexibility index (Phi) is 5.30. The van der Waals surface area contributed by atoms with Crippen LogP contribution in [0.1, 0.15) is 36.6 Å². The maximum Gasteiger partial charge on any atom is 0.262 e. The second kappa shape index (κ2) is 7.44. The molecule has 3 rings (SSSR count). The topological polar surface area (TPSA) is 75.4 Å². The second-order valence-electron chi connectivity index (χ2n) is 6.08. The van der Waals surface area contributed by atoms with Crippen molar-refractivity contribution >= 4 is 27.5 Å². The van der Waals surface area contributed by atoms with Gasteiger partial charge in [-0.15, -0.1) is 11.3 Å². The molecular formula is C17H23N3O3S. The van der Waals surface area contributed by atoms with Crippen molar-refractivity contribution in [2.24, 2.45) is 0 Å². The van der Waals surface area contributed by atoms with E-state index in [1.807, 2.05) is 6.92 Å². The van der Waals surface area contributed by atoms with E-state index in [2.05, 4.69) is 4.98 Å². The number of aliphatic hydroxyl groups excluding tert-OH is 1. The maximum atomic E-state index is 12.8. The van der Waals surface area contributed by atoms with E-state index in [4.69, 9.17) is 5.11 Å². The van der Waals surface area contributed by atoms with Crippen molar-refractivity contribution in [1.29, 1.82) is 0 Å². The van der Waals surface area contributed by atoms with Crippen LogP contribution in [0.4, 0.5) is 0 Å². The predicted octanol–water partition coefficient (Wildman–Crippen LogP) is 1.57. The fourth-order valence-electron chi connectivity index (χ4n) is 3.29. The smallest absolute Gasteiger partial charge is 0.262 e. The Morgan fingerprint density at radius 1 is 1.42 bits per heavy atom. The summed E-state index contributed by atoms with van der Waals surface area (Å²) >= 11 is 1.63. The van der Waals surface area contributed by atoms with Crippen LogP contribution in [0.2, 0.25) is 0 Å². The molecule has 0 saturated carbocycles. The SMILES string of the molecule is CCN(CCO)C(=O)CCn1cnc2sc3c(c2c1=O)CCCC3. The maximum absolute atomic E-state index is 12.8. The number of fused-ring (bicyclic) bond motifs is 3. The number of hydrogen-bond donors (Lipinski definition) is 1. The predicted molar refractivity (Wildman–Crippen MR) is 94.5 cm³/mol. The fraction of sp³-hybridized carbons (Fsp3) is 0.588. The molecular weight excluding hydrogens is 326 g/mol. The largest absolute Gasteiger partial charge is 0.395 e. The van der Waals surface area contributed by atoms with Gasteiger partial charge in [-0.2, -0.15) is 0 Å². The Morgan fingerprint density at radius 2 is 2.21 bits per heavy atom. The van der Waals surface area contributed by atoms with Gasteiger partial charge >= 0.3 is 0 Å². The number of nitrogens with zero attached hydrogens (tertiary/aromatic N) is 3. The van der Waals surface area contributed by atoms with Crippen molar-refractivity contribution in [3.8, 4) is 0 Å². The molecule has 0 atom stereocenters.